The van der Waals surface area contributed by atoms with E-state index in [1.807, 2.05) is 0 Å². The normalized spacial score (nSPS) is 40.8. The quantitative estimate of drug-likeness (QED) is 0.733. The highest BCUT2D eigenvalue weighted by Gasteiger charge is 2.29. The molecular formula is C11H21NS. The van der Waals surface area contributed by atoms with Gasteiger partial charge in [0.15, 0.2) is 0 Å². The van der Waals surface area contributed by atoms with Gasteiger partial charge >= 0.3 is 0 Å². The van der Waals surface area contributed by atoms with Crippen molar-refractivity contribution in [3.05, 3.63) is 0 Å². The summed E-state index contributed by atoms with van der Waals surface area (Å²) in [5.41, 5.74) is 0. The van der Waals surface area contributed by atoms with Gasteiger partial charge < -0.3 is 5.32 Å². The summed E-state index contributed by atoms with van der Waals surface area (Å²) in [5.74, 6) is 4.81. The summed E-state index contributed by atoms with van der Waals surface area (Å²) in [4.78, 5) is 0. The first kappa shape index (κ1) is 9.85. The Morgan fingerprint density at radius 2 is 2.31 bits per heavy atom. The highest BCUT2D eigenvalue weighted by Crippen LogP contribution is 2.31. The minimum Gasteiger partial charge on any atom is -0.314 e. The van der Waals surface area contributed by atoms with Crippen molar-refractivity contribution in [3.63, 3.8) is 0 Å². The minimum absolute atomic E-state index is 0.855. The van der Waals surface area contributed by atoms with Crippen LogP contribution >= 0.6 is 11.8 Å². The molecule has 2 rings (SSSR count). The number of hydrogen-bond acceptors (Lipinski definition) is 2. The molecule has 0 amide bonds. The molecule has 2 aliphatic heterocycles. The molecule has 2 heteroatoms. The Morgan fingerprint density at radius 3 is 3.00 bits per heavy atom. The van der Waals surface area contributed by atoms with Crippen molar-refractivity contribution in [2.75, 3.05) is 18.1 Å². The van der Waals surface area contributed by atoms with Gasteiger partial charge in [-0.05, 0) is 49.1 Å². The van der Waals surface area contributed by atoms with Crippen LogP contribution in [0.15, 0.2) is 0 Å². The Bertz CT molecular complexity index is 154. The van der Waals surface area contributed by atoms with Crippen LogP contribution in [0.2, 0.25) is 0 Å². The van der Waals surface area contributed by atoms with E-state index < -0.39 is 0 Å². The fraction of sp³-hybridized carbons (Fsp3) is 1.00. The summed E-state index contributed by atoms with van der Waals surface area (Å²) >= 11 is 2.14. The Labute approximate surface area is 86.0 Å². The van der Waals surface area contributed by atoms with Crippen LogP contribution in [-0.2, 0) is 0 Å². The lowest BCUT2D eigenvalue weighted by atomic mass is 9.84. The van der Waals surface area contributed by atoms with Gasteiger partial charge in [0.2, 0.25) is 0 Å². The van der Waals surface area contributed by atoms with Crippen molar-refractivity contribution in [1.29, 1.82) is 0 Å². The second-order valence-electron chi connectivity index (χ2n) is 4.48. The van der Waals surface area contributed by atoms with Crippen LogP contribution in [-0.4, -0.2) is 24.1 Å². The largest absolute Gasteiger partial charge is 0.314 e. The molecule has 0 bridgehead atoms. The molecular weight excluding hydrogens is 178 g/mol. The van der Waals surface area contributed by atoms with Crippen molar-refractivity contribution < 1.29 is 0 Å². The average Bonchev–Trinajstić information content (AvgIpc) is 2.71. The molecule has 76 valence electrons. The number of rotatable bonds is 2. The second-order valence-corrected chi connectivity index (χ2v) is 5.63. The summed E-state index contributed by atoms with van der Waals surface area (Å²) in [5, 5.41) is 3.71. The monoisotopic (exact) mass is 199 g/mol. The molecule has 0 aromatic rings. The molecule has 3 unspecified atom stereocenters. The Balaban J connectivity index is 1.84. The minimum atomic E-state index is 0.855. The maximum Gasteiger partial charge on any atom is 0.0106 e. The SMILES string of the molecule is CCC1CCNC(C2CCSC2)C1. The molecule has 1 N–H and O–H groups in total. The van der Waals surface area contributed by atoms with Crippen LogP contribution in [0.4, 0.5) is 0 Å². The molecule has 2 saturated heterocycles. The van der Waals surface area contributed by atoms with E-state index in [2.05, 4.69) is 24.0 Å². The van der Waals surface area contributed by atoms with Crippen LogP contribution in [0.3, 0.4) is 0 Å². The van der Waals surface area contributed by atoms with Gasteiger partial charge in [0.1, 0.15) is 0 Å². The van der Waals surface area contributed by atoms with Gasteiger partial charge in [-0.2, -0.15) is 11.8 Å². The first-order valence-corrected chi connectivity index (χ1v) is 6.86. The molecule has 2 aliphatic rings. The summed E-state index contributed by atoms with van der Waals surface area (Å²) in [6.45, 7) is 3.61. The maximum atomic E-state index is 3.71. The number of thioether (sulfide) groups is 1. The van der Waals surface area contributed by atoms with E-state index in [-0.39, 0.29) is 0 Å². The first-order valence-electron chi connectivity index (χ1n) is 5.71. The Hall–Kier alpha value is 0.310. The third kappa shape index (κ3) is 2.41. The third-order valence-electron chi connectivity index (χ3n) is 3.66. The molecule has 3 atom stereocenters. The van der Waals surface area contributed by atoms with Crippen molar-refractivity contribution in [2.45, 2.75) is 38.6 Å². The van der Waals surface area contributed by atoms with Crippen LogP contribution in [0, 0.1) is 11.8 Å². The van der Waals surface area contributed by atoms with E-state index in [9.17, 15) is 0 Å². The molecule has 13 heavy (non-hydrogen) atoms. The van der Waals surface area contributed by atoms with Gasteiger partial charge in [-0.15, -0.1) is 0 Å². The van der Waals surface area contributed by atoms with Crippen LogP contribution in [0.5, 0.6) is 0 Å². The van der Waals surface area contributed by atoms with E-state index in [1.54, 1.807) is 0 Å². The van der Waals surface area contributed by atoms with E-state index in [0.29, 0.717) is 0 Å². The van der Waals surface area contributed by atoms with Gasteiger partial charge in [0, 0.05) is 6.04 Å². The Kier molecular flexibility index (Phi) is 3.56. The van der Waals surface area contributed by atoms with Gasteiger partial charge in [-0.25, -0.2) is 0 Å². The third-order valence-corrected chi connectivity index (χ3v) is 4.85. The lowest BCUT2D eigenvalue weighted by Gasteiger charge is -2.33. The molecule has 0 aliphatic carbocycles. The van der Waals surface area contributed by atoms with E-state index in [0.717, 1.165) is 17.9 Å². The summed E-state index contributed by atoms with van der Waals surface area (Å²) in [6, 6.07) is 0.855. The number of nitrogens with one attached hydrogen (secondary N) is 1. The van der Waals surface area contributed by atoms with Crippen molar-refractivity contribution in [1.82, 2.24) is 5.32 Å². The van der Waals surface area contributed by atoms with Gasteiger partial charge in [-0.3, -0.25) is 0 Å². The molecule has 0 aromatic carbocycles. The topological polar surface area (TPSA) is 12.0 Å². The van der Waals surface area contributed by atoms with Crippen molar-refractivity contribution in [2.24, 2.45) is 11.8 Å². The van der Waals surface area contributed by atoms with Crippen molar-refractivity contribution >= 4 is 11.8 Å². The zero-order chi connectivity index (χ0) is 9.10. The summed E-state index contributed by atoms with van der Waals surface area (Å²) in [7, 11) is 0. The summed E-state index contributed by atoms with van der Waals surface area (Å²) < 4.78 is 0. The zero-order valence-corrected chi connectivity index (χ0v) is 9.41. The van der Waals surface area contributed by atoms with E-state index in [1.165, 1.54) is 43.7 Å². The molecule has 2 heterocycles. The smallest absolute Gasteiger partial charge is 0.0106 e. The fourth-order valence-electron chi connectivity index (χ4n) is 2.63. The van der Waals surface area contributed by atoms with E-state index >= 15 is 0 Å². The van der Waals surface area contributed by atoms with Gasteiger partial charge in [-0.1, -0.05) is 13.3 Å². The molecule has 0 spiro atoms. The first-order chi connectivity index (χ1) is 6.40. The molecule has 0 saturated carbocycles. The zero-order valence-electron chi connectivity index (χ0n) is 8.59. The lowest BCUT2D eigenvalue weighted by Crippen LogP contribution is -2.43. The lowest BCUT2D eigenvalue weighted by molar-refractivity contribution is 0.244. The van der Waals surface area contributed by atoms with Crippen LogP contribution in [0.1, 0.15) is 32.6 Å². The predicted octanol–water partition coefficient (Wildman–Crippen LogP) is 2.52. The maximum absolute atomic E-state index is 3.71. The summed E-state index contributed by atoms with van der Waals surface area (Å²) in [6.07, 6.45) is 5.70. The molecule has 0 radical (unpaired) electrons. The highest BCUT2D eigenvalue weighted by molar-refractivity contribution is 7.99. The predicted molar refractivity (Wildman–Crippen MR) is 60.2 cm³/mol. The molecule has 0 aromatic heterocycles. The van der Waals surface area contributed by atoms with Crippen LogP contribution in [0.25, 0.3) is 0 Å². The second kappa shape index (κ2) is 4.70. The van der Waals surface area contributed by atoms with Crippen LogP contribution < -0.4 is 5.32 Å². The number of piperidine rings is 1. The van der Waals surface area contributed by atoms with Crippen molar-refractivity contribution in [3.8, 4) is 0 Å². The van der Waals surface area contributed by atoms with E-state index in [4.69, 9.17) is 0 Å². The molecule has 1 nitrogen and oxygen atoms in total. The average molecular weight is 199 g/mol. The molecule has 2 fully saturated rings. The number of hydrogen-bond donors (Lipinski definition) is 1. The standard InChI is InChI=1S/C11H21NS/c1-2-9-3-5-12-11(7-9)10-4-6-13-8-10/h9-12H,2-8H2,1H3. The Morgan fingerprint density at radius 1 is 1.38 bits per heavy atom. The highest BCUT2D eigenvalue weighted by atomic mass is 32.2. The van der Waals surface area contributed by atoms with Gasteiger partial charge in [0.05, 0.1) is 0 Å². The van der Waals surface area contributed by atoms with Gasteiger partial charge in [0.25, 0.3) is 0 Å². The fourth-order valence-corrected chi connectivity index (χ4v) is 3.97.